The highest BCUT2D eigenvalue weighted by atomic mass is 31.2. The lowest BCUT2D eigenvalue weighted by Crippen LogP contribution is -2.24. The predicted octanol–water partition coefficient (Wildman–Crippen LogP) is 2.76. The number of nitrogens with two attached hydrogens (primary N) is 1. The van der Waals surface area contributed by atoms with E-state index in [2.05, 4.69) is 15.0 Å². The van der Waals surface area contributed by atoms with Crippen LogP contribution < -0.4 is 5.73 Å². The first kappa shape index (κ1) is 20.7. The molecule has 2 aromatic rings. The number of aromatic nitrogens is 4. The van der Waals surface area contributed by atoms with E-state index in [1.807, 2.05) is 0 Å². The third-order valence-electron chi connectivity index (χ3n) is 3.21. The molecule has 146 valence electrons. The number of hydrogen-bond donors (Lipinski definition) is 1. The van der Waals surface area contributed by atoms with E-state index in [-0.39, 0.29) is 30.9 Å². The summed E-state index contributed by atoms with van der Waals surface area (Å²) in [7, 11) is -3.50. The minimum Gasteiger partial charge on any atom is -0.382 e. The summed E-state index contributed by atoms with van der Waals surface area (Å²) in [5.41, 5.74) is 6.64. The zero-order valence-corrected chi connectivity index (χ0v) is 16.2. The molecule has 2 heterocycles. The van der Waals surface area contributed by atoms with Crippen LogP contribution in [0.25, 0.3) is 11.2 Å². The smallest absolute Gasteiger partial charge is 0.356 e. The number of rotatable bonds is 10. The van der Waals surface area contributed by atoms with Crippen molar-refractivity contribution in [2.75, 3.05) is 18.8 Å². The molecular formula is C15H25FN5O4P. The molecule has 0 aliphatic rings. The van der Waals surface area contributed by atoms with E-state index < -0.39 is 20.4 Å². The van der Waals surface area contributed by atoms with Gasteiger partial charge in [-0.3, -0.25) is 4.57 Å². The maximum absolute atomic E-state index is 13.4. The van der Waals surface area contributed by atoms with Crippen LogP contribution in [0.3, 0.4) is 0 Å². The predicted molar refractivity (Wildman–Crippen MR) is 95.5 cm³/mol. The fourth-order valence-corrected chi connectivity index (χ4v) is 4.17. The molecule has 0 aromatic carbocycles. The first-order valence-corrected chi connectivity index (χ1v) is 10.0. The zero-order chi connectivity index (χ0) is 19.3. The second kappa shape index (κ2) is 8.85. The number of fused-ring (bicyclic) bond motifs is 1. The van der Waals surface area contributed by atoms with Crippen molar-refractivity contribution in [2.24, 2.45) is 0 Å². The Morgan fingerprint density at radius 1 is 1.19 bits per heavy atom. The van der Waals surface area contributed by atoms with Gasteiger partial charge in [-0.05, 0) is 27.7 Å². The number of halogens is 1. The van der Waals surface area contributed by atoms with Crippen molar-refractivity contribution >= 4 is 24.6 Å². The average Bonchev–Trinajstić information content (AvgIpc) is 2.94. The molecule has 0 spiro atoms. The SMILES string of the molecule is CC(C)OP(=O)(COC(CF)Cn1cnc2c(N)ncnc21)OC(C)C. The molecular weight excluding hydrogens is 364 g/mol. The summed E-state index contributed by atoms with van der Waals surface area (Å²) in [6.45, 7) is 6.29. The quantitative estimate of drug-likeness (QED) is 0.617. The zero-order valence-electron chi connectivity index (χ0n) is 15.3. The van der Waals surface area contributed by atoms with Crippen molar-refractivity contribution in [3.05, 3.63) is 12.7 Å². The summed E-state index contributed by atoms with van der Waals surface area (Å²) in [5.74, 6) is 0.242. The second-order valence-corrected chi connectivity index (χ2v) is 8.22. The Hall–Kier alpha value is -1.61. The third kappa shape index (κ3) is 5.44. The molecule has 11 heteroatoms. The molecule has 1 unspecified atom stereocenters. The summed E-state index contributed by atoms with van der Waals surface area (Å²) >= 11 is 0. The Kier molecular flexibility index (Phi) is 7.05. The number of imidazole rings is 1. The monoisotopic (exact) mass is 389 g/mol. The van der Waals surface area contributed by atoms with Crippen molar-refractivity contribution in [1.29, 1.82) is 0 Å². The summed E-state index contributed by atoms with van der Waals surface area (Å²) in [6.07, 6.45) is 0.942. The molecule has 9 nitrogen and oxygen atoms in total. The van der Waals surface area contributed by atoms with E-state index >= 15 is 0 Å². The van der Waals surface area contributed by atoms with E-state index in [1.165, 1.54) is 12.7 Å². The molecule has 26 heavy (non-hydrogen) atoms. The van der Waals surface area contributed by atoms with Gasteiger partial charge in [-0.15, -0.1) is 0 Å². The highest BCUT2D eigenvalue weighted by Gasteiger charge is 2.30. The van der Waals surface area contributed by atoms with Crippen LogP contribution in [-0.4, -0.2) is 50.9 Å². The summed E-state index contributed by atoms with van der Waals surface area (Å²) in [5, 5.41) is 0. The van der Waals surface area contributed by atoms with E-state index in [0.29, 0.717) is 11.2 Å². The molecule has 0 fully saturated rings. The number of hydrogen-bond acceptors (Lipinski definition) is 8. The Bertz CT molecular complexity index is 756. The van der Waals surface area contributed by atoms with Crippen molar-refractivity contribution in [3.63, 3.8) is 0 Å². The summed E-state index contributed by atoms with van der Waals surface area (Å²) in [4.78, 5) is 12.1. The Labute approximate surface area is 151 Å². The number of ether oxygens (including phenoxy) is 1. The normalized spacial score (nSPS) is 13.8. The standard InChI is InChI=1S/C15H25FN5O4P/c1-10(2)24-26(22,25-11(3)4)9-23-12(5-16)6-21-8-20-13-14(17)18-7-19-15(13)21/h7-8,10-12H,5-6,9H2,1-4H3,(H2,17,18,19). The van der Waals surface area contributed by atoms with E-state index in [4.69, 9.17) is 19.5 Å². The maximum Gasteiger partial charge on any atom is 0.356 e. The molecule has 0 saturated heterocycles. The Morgan fingerprint density at radius 3 is 2.42 bits per heavy atom. The van der Waals surface area contributed by atoms with Gasteiger partial charge in [0.2, 0.25) is 0 Å². The number of nitrogens with zero attached hydrogens (tertiary/aromatic N) is 4. The Balaban J connectivity index is 2.08. The van der Waals surface area contributed by atoms with Crippen LogP contribution in [0.2, 0.25) is 0 Å². The van der Waals surface area contributed by atoms with Crippen LogP contribution in [0.4, 0.5) is 10.2 Å². The highest BCUT2D eigenvalue weighted by Crippen LogP contribution is 2.50. The molecule has 0 aliphatic carbocycles. The molecule has 0 radical (unpaired) electrons. The van der Waals surface area contributed by atoms with Crippen LogP contribution in [-0.2, 0) is 24.9 Å². The van der Waals surface area contributed by atoms with Gasteiger partial charge in [0.25, 0.3) is 0 Å². The molecule has 0 bridgehead atoms. The lowest BCUT2D eigenvalue weighted by molar-refractivity contribution is 0.0311. The topological polar surface area (TPSA) is 114 Å². The lowest BCUT2D eigenvalue weighted by atomic mass is 10.4. The van der Waals surface area contributed by atoms with Crippen molar-refractivity contribution < 1.29 is 22.7 Å². The van der Waals surface area contributed by atoms with E-state index in [0.717, 1.165) is 0 Å². The van der Waals surface area contributed by atoms with Gasteiger partial charge in [0.05, 0.1) is 25.1 Å². The molecule has 2 rings (SSSR count). The van der Waals surface area contributed by atoms with Crippen molar-refractivity contribution in [2.45, 2.75) is 52.6 Å². The second-order valence-electron chi connectivity index (χ2n) is 6.32. The van der Waals surface area contributed by atoms with Gasteiger partial charge in [0.1, 0.15) is 31.0 Å². The number of anilines is 1. The maximum atomic E-state index is 13.4. The minimum atomic E-state index is -3.50. The van der Waals surface area contributed by atoms with Crippen molar-refractivity contribution in [3.8, 4) is 0 Å². The average molecular weight is 389 g/mol. The van der Waals surface area contributed by atoms with E-state index in [1.54, 1.807) is 32.3 Å². The molecule has 0 saturated carbocycles. The van der Waals surface area contributed by atoms with Crippen LogP contribution in [0, 0.1) is 0 Å². The van der Waals surface area contributed by atoms with Gasteiger partial charge in [0, 0.05) is 0 Å². The third-order valence-corrected chi connectivity index (χ3v) is 5.16. The number of nitrogen functional groups attached to an aromatic ring is 1. The lowest BCUT2D eigenvalue weighted by Gasteiger charge is -2.24. The molecule has 1 atom stereocenters. The van der Waals surface area contributed by atoms with Crippen LogP contribution in [0.5, 0.6) is 0 Å². The van der Waals surface area contributed by atoms with Crippen LogP contribution in [0.1, 0.15) is 27.7 Å². The van der Waals surface area contributed by atoms with Crippen LogP contribution >= 0.6 is 7.60 Å². The first-order chi connectivity index (χ1) is 12.2. The highest BCUT2D eigenvalue weighted by molar-refractivity contribution is 7.53. The fourth-order valence-electron chi connectivity index (χ4n) is 2.32. The fraction of sp³-hybridized carbons (Fsp3) is 0.667. The Morgan fingerprint density at radius 2 is 1.85 bits per heavy atom. The largest absolute Gasteiger partial charge is 0.382 e. The molecule has 0 aliphatic heterocycles. The summed E-state index contributed by atoms with van der Waals surface area (Å²) in [6, 6.07) is 0. The number of alkyl halides is 1. The molecule has 2 aromatic heterocycles. The molecule has 2 N–H and O–H groups in total. The first-order valence-electron chi connectivity index (χ1n) is 8.29. The van der Waals surface area contributed by atoms with Gasteiger partial charge < -0.3 is 24.1 Å². The minimum absolute atomic E-state index is 0.118. The van der Waals surface area contributed by atoms with Gasteiger partial charge in [-0.2, -0.15) is 0 Å². The van der Waals surface area contributed by atoms with Gasteiger partial charge >= 0.3 is 7.60 Å². The molecule has 0 amide bonds. The van der Waals surface area contributed by atoms with Gasteiger partial charge in [-0.25, -0.2) is 19.3 Å². The van der Waals surface area contributed by atoms with Crippen LogP contribution in [0.15, 0.2) is 12.7 Å². The van der Waals surface area contributed by atoms with Gasteiger partial charge in [-0.1, -0.05) is 0 Å². The van der Waals surface area contributed by atoms with Crippen molar-refractivity contribution in [1.82, 2.24) is 19.5 Å². The summed E-state index contributed by atoms with van der Waals surface area (Å²) < 4.78 is 44.1. The van der Waals surface area contributed by atoms with E-state index in [9.17, 15) is 8.96 Å². The van der Waals surface area contributed by atoms with Gasteiger partial charge in [0.15, 0.2) is 11.5 Å².